The van der Waals surface area contributed by atoms with E-state index in [1.165, 1.54) is 17.6 Å². The van der Waals surface area contributed by atoms with Gasteiger partial charge in [-0.3, -0.25) is 9.79 Å². The molecule has 2 rings (SSSR count). The van der Waals surface area contributed by atoms with Crippen LogP contribution in [0.25, 0.3) is 10.6 Å². The van der Waals surface area contributed by atoms with Crippen molar-refractivity contribution < 1.29 is 4.79 Å². The van der Waals surface area contributed by atoms with E-state index in [9.17, 15) is 4.79 Å². The molecule has 0 aliphatic carbocycles. The highest BCUT2D eigenvalue weighted by atomic mass is 32.1. The van der Waals surface area contributed by atoms with Gasteiger partial charge in [-0.15, -0.1) is 10.2 Å². The number of amides is 1. The molecule has 128 valence electrons. The number of nitrogens with two attached hydrogens (primary N) is 1. The molecule has 8 nitrogen and oxygen atoms in total. The van der Waals surface area contributed by atoms with Crippen LogP contribution in [0.4, 0.5) is 0 Å². The van der Waals surface area contributed by atoms with Crippen LogP contribution < -0.4 is 11.2 Å². The predicted molar refractivity (Wildman–Crippen MR) is 97.0 cm³/mol. The van der Waals surface area contributed by atoms with Crippen LogP contribution in [-0.4, -0.2) is 34.6 Å². The van der Waals surface area contributed by atoms with E-state index >= 15 is 0 Å². The van der Waals surface area contributed by atoms with Gasteiger partial charge in [-0.2, -0.15) is 10.4 Å². The molecule has 1 amide bonds. The van der Waals surface area contributed by atoms with Gasteiger partial charge in [0, 0.05) is 18.5 Å². The zero-order chi connectivity index (χ0) is 17.9. The quantitative estimate of drug-likeness (QED) is 0.321. The van der Waals surface area contributed by atoms with Crippen molar-refractivity contribution in [1.82, 2.24) is 15.5 Å². The van der Waals surface area contributed by atoms with Crippen LogP contribution in [0.15, 0.2) is 40.4 Å². The van der Waals surface area contributed by atoms with E-state index in [0.717, 1.165) is 10.6 Å². The minimum atomic E-state index is -0.442. The van der Waals surface area contributed by atoms with Crippen molar-refractivity contribution in [2.24, 2.45) is 15.9 Å². The number of carbonyl (C=O) groups excluding carboxylic acids is 1. The fourth-order valence-corrected chi connectivity index (χ4v) is 2.60. The van der Waals surface area contributed by atoms with Gasteiger partial charge >= 0.3 is 0 Å². The molecule has 25 heavy (non-hydrogen) atoms. The zero-order valence-corrected chi connectivity index (χ0v) is 14.2. The maximum atomic E-state index is 12.0. The molecule has 0 saturated heterocycles. The average Bonchev–Trinajstić information content (AvgIpc) is 3.12. The summed E-state index contributed by atoms with van der Waals surface area (Å²) in [6, 6.07) is 11.7. The Bertz CT molecular complexity index is 792. The molecule has 1 aromatic heterocycles. The first-order valence-corrected chi connectivity index (χ1v) is 8.37. The van der Waals surface area contributed by atoms with E-state index in [2.05, 4.69) is 25.6 Å². The third-order valence-corrected chi connectivity index (χ3v) is 4.02. The van der Waals surface area contributed by atoms with Gasteiger partial charge in [-0.05, 0) is 6.42 Å². The highest BCUT2D eigenvalue weighted by Gasteiger charge is 2.11. The lowest BCUT2D eigenvalue weighted by Gasteiger charge is -2.01. The van der Waals surface area contributed by atoms with Crippen LogP contribution in [0.5, 0.6) is 0 Å². The smallest absolute Gasteiger partial charge is 0.273 e. The number of rotatable bonds is 8. The van der Waals surface area contributed by atoms with Gasteiger partial charge in [-0.25, -0.2) is 0 Å². The van der Waals surface area contributed by atoms with Gasteiger partial charge in [0.15, 0.2) is 5.71 Å². The monoisotopic (exact) mass is 355 g/mol. The van der Waals surface area contributed by atoms with Crippen LogP contribution in [-0.2, 0) is 11.3 Å². The van der Waals surface area contributed by atoms with Crippen molar-refractivity contribution in [3.05, 3.63) is 35.3 Å². The van der Waals surface area contributed by atoms with Crippen molar-refractivity contribution in [2.45, 2.75) is 19.4 Å². The topological polar surface area (TPSA) is 129 Å². The summed E-state index contributed by atoms with van der Waals surface area (Å²) in [5.74, 6) is 4.78. The van der Waals surface area contributed by atoms with Gasteiger partial charge in [0.2, 0.25) is 0 Å². The SMILES string of the molecule is N#CCCCN=C/C(=N\N)C(=O)NCc1nnc(-c2ccccc2)s1. The highest BCUT2D eigenvalue weighted by Crippen LogP contribution is 2.22. The number of carbonyl (C=O) groups is 1. The summed E-state index contributed by atoms with van der Waals surface area (Å²) in [5.41, 5.74) is 0.996. The molecule has 0 spiro atoms. The van der Waals surface area contributed by atoms with Crippen LogP contribution in [0, 0.1) is 11.3 Å². The summed E-state index contributed by atoms with van der Waals surface area (Å²) in [4.78, 5) is 16.1. The zero-order valence-electron chi connectivity index (χ0n) is 13.4. The average molecular weight is 355 g/mol. The van der Waals surface area contributed by atoms with E-state index in [1.807, 2.05) is 36.4 Å². The largest absolute Gasteiger partial charge is 0.344 e. The number of hydrazone groups is 1. The van der Waals surface area contributed by atoms with Crippen LogP contribution in [0.1, 0.15) is 17.8 Å². The van der Waals surface area contributed by atoms with Crippen molar-refractivity contribution in [3.8, 4) is 16.6 Å². The van der Waals surface area contributed by atoms with Gasteiger partial charge in [-0.1, -0.05) is 41.7 Å². The number of benzene rings is 1. The number of nitrogens with one attached hydrogen (secondary N) is 1. The first kappa shape index (κ1) is 18.2. The molecule has 0 unspecified atom stereocenters. The van der Waals surface area contributed by atoms with Crippen LogP contribution >= 0.6 is 11.3 Å². The van der Waals surface area contributed by atoms with Crippen molar-refractivity contribution in [3.63, 3.8) is 0 Å². The molecule has 9 heteroatoms. The molecule has 0 aliphatic rings. The van der Waals surface area contributed by atoms with Crippen LogP contribution in [0.3, 0.4) is 0 Å². The van der Waals surface area contributed by atoms with E-state index in [4.69, 9.17) is 11.1 Å². The summed E-state index contributed by atoms with van der Waals surface area (Å²) in [7, 11) is 0. The van der Waals surface area contributed by atoms with Crippen molar-refractivity contribution in [2.75, 3.05) is 6.54 Å². The van der Waals surface area contributed by atoms with Crippen molar-refractivity contribution in [1.29, 1.82) is 5.26 Å². The third-order valence-electron chi connectivity index (χ3n) is 3.05. The van der Waals surface area contributed by atoms with Gasteiger partial charge in [0.1, 0.15) is 10.0 Å². The lowest BCUT2D eigenvalue weighted by molar-refractivity contribution is -0.114. The number of hydrogen-bond donors (Lipinski definition) is 2. The summed E-state index contributed by atoms with van der Waals surface area (Å²) in [6.07, 6.45) is 2.35. The lowest BCUT2D eigenvalue weighted by atomic mass is 10.2. The normalized spacial score (nSPS) is 11.4. The van der Waals surface area contributed by atoms with Gasteiger partial charge in [0.25, 0.3) is 5.91 Å². The maximum Gasteiger partial charge on any atom is 0.273 e. The molecular formula is C16H17N7OS. The standard InChI is InChI=1S/C16H17N7OS/c17-8-4-5-9-19-10-13(21-18)15(24)20-11-14-22-23-16(25-14)12-6-2-1-3-7-12/h1-3,6-7,10H,4-5,9,11,18H2,(H,20,24)/b19-10?,21-13+. The van der Waals surface area contributed by atoms with Crippen molar-refractivity contribution >= 4 is 29.2 Å². The van der Waals surface area contributed by atoms with E-state index < -0.39 is 5.91 Å². The van der Waals surface area contributed by atoms with Crippen LogP contribution in [0.2, 0.25) is 0 Å². The summed E-state index contributed by atoms with van der Waals surface area (Å²) < 4.78 is 0. The number of aliphatic imine (C=N–C) groups is 1. The van der Waals surface area contributed by atoms with Gasteiger partial charge in [0.05, 0.1) is 18.8 Å². The number of hydrogen-bond acceptors (Lipinski definition) is 8. The lowest BCUT2D eigenvalue weighted by Crippen LogP contribution is -2.32. The Labute approximate surface area is 149 Å². The Kier molecular flexibility index (Phi) is 7.21. The third kappa shape index (κ3) is 5.78. The molecular weight excluding hydrogens is 338 g/mol. The summed E-state index contributed by atoms with van der Waals surface area (Å²) in [6.45, 7) is 0.668. The molecule has 1 aromatic carbocycles. The minimum Gasteiger partial charge on any atom is -0.344 e. The number of aromatic nitrogens is 2. The number of nitrogens with zero attached hydrogens (tertiary/aromatic N) is 5. The second-order valence-corrected chi connectivity index (χ2v) is 5.92. The molecule has 0 saturated carbocycles. The molecule has 1 heterocycles. The fourth-order valence-electron chi connectivity index (χ4n) is 1.82. The fraction of sp³-hybridized carbons (Fsp3) is 0.250. The minimum absolute atomic E-state index is 0.0183. The molecule has 0 atom stereocenters. The predicted octanol–water partition coefficient (Wildman–Crippen LogP) is 1.51. The molecule has 0 aliphatic heterocycles. The molecule has 2 aromatic rings. The van der Waals surface area contributed by atoms with E-state index in [-0.39, 0.29) is 12.3 Å². The van der Waals surface area contributed by atoms with E-state index in [0.29, 0.717) is 24.4 Å². The summed E-state index contributed by atoms with van der Waals surface area (Å²) in [5, 5.41) is 24.2. The Morgan fingerprint density at radius 3 is 2.88 bits per heavy atom. The second kappa shape index (κ2) is 9.89. The Balaban J connectivity index is 1.87. The summed E-state index contributed by atoms with van der Waals surface area (Å²) >= 11 is 1.40. The number of unbranched alkanes of at least 4 members (excludes halogenated alkanes) is 1. The highest BCUT2D eigenvalue weighted by molar-refractivity contribution is 7.14. The molecule has 3 N–H and O–H groups in total. The van der Waals surface area contributed by atoms with E-state index in [1.54, 1.807) is 0 Å². The molecule has 0 radical (unpaired) electrons. The molecule has 0 fully saturated rings. The maximum absolute atomic E-state index is 12.0. The second-order valence-electron chi connectivity index (χ2n) is 4.86. The first-order valence-electron chi connectivity index (χ1n) is 7.55. The Morgan fingerprint density at radius 2 is 2.16 bits per heavy atom. The van der Waals surface area contributed by atoms with Gasteiger partial charge < -0.3 is 11.2 Å². The first-order chi connectivity index (χ1) is 12.2. The molecule has 0 bridgehead atoms. The number of nitriles is 1. The Morgan fingerprint density at radius 1 is 1.36 bits per heavy atom. The Hall–Kier alpha value is -3.12.